The van der Waals surface area contributed by atoms with Crippen molar-refractivity contribution in [2.45, 2.75) is 56.6 Å². The van der Waals surface area contributed by atoms with E-state index in [0.29, 0.717) is 36.1 Å². The topological polar surface area (TPSA) is 40.5 Å². The molecule has 4 aliphatic carbocycles. The number of hydrogen-bond acceptors (Lipinski definition) is 3. The molecule has 2 aromatic rings. The van der Waals surface area contributed by atoms with Gasteiger partial charge in [0.25, 0.3) is 0 Å². The van der Waals surface area contributed by atoms with Gasteiger partial charge < -0.3 is 10.0 Å². The fourth-order valence-electron chi connectivity index (χ4n) is 7.31. The van der Waals surface area contributed by atoms with Gasteiger partial charge in [0.05, 0.1) is 9.94 Å². The number of benzene rings is 1. The van der Waals surface area contributed by atoms with Gasteiger partial charge in [0.2, 0.25) is 5.91 Å². The van der Waals surface area contributed by atoms with E-state index in [1.54, 1.807) is 11.3 Å². The van der Waals surface area contributed by atoms with Gasteiger partial charge in [0.1, 0.15) is 0 Å². The molecule has 5 fully saturated rings. The molecule has 31 heavy (non-hydrogen) atoms. The summed E-state index contributed by atoms with van der Waals surface area (Å²) in [5, 5.41) is 11.6. The number of rotatable bonds is 4. The summed E-state index contributed by atoms with van der Waals surface area (Å²) in [6.07, 6.45) is 6.75. The van der Waals surface area contributed by atoms with Crippen LogP contribution in [-0.4, -0.2) is 34.1 Å². The van der Waals surface area contributed by atoms with Crippen molar-refractivity contribution in [2.75, 3.05) is 6.54 Å². The lowest BCUT2D eigenvalue weighted by atomic mass is 9.52. The molecule has 3 unspecified atom stereocenters. The summed E-state index contributed by atoms with van der Waals surface area (Å²) in [7, 11) is 0. The van der Waals surface area contributed by atoms with Gasteiger partial charge in [0.15, 0.2) is 0 Å². The van der Waals surface area contributed by atoms with Crippen LogP contribution >= 0.6 is 34.5 Å². The molecule has 1 N–H and O–H groups in total. The smallest absolute Gasteiger partial charge is 0.226 e. The summed E-state index contributed by atoms with van der Waals surface area (Å²) in [6.45, 7) is 0.855. The van der Waals surface area contributed by atoms with Gasteiger partial charge >= 0.3 is 0 Å². The van der Waals surface area contributed by atoms with Crippen molar-refractivity contribution >= 4 is 40.4 Å². The Morgan fingerprint density at radius 2 is 1.87 bits per heavy atom. The van der Waals surface area contributed by atoms with Gasteiger partial charge in [0, 0.05) is 28.4 Å². The summed E-state index contributed by atoms with van der Waals surface area (Å²) in [5.74, 6) is 1.95. The molecule has 4 saturated carbocycles. The maximum absolute atomic E-state index is 13.4. The molecule has 1 amide bonds. The Morgan fingerprint density at radius 1 is 1.10 bits per heavy atom. The number of aliphatic hydroxyl groups is 1. The van der Waals surface area contributed by atoms with Crippen LogP contribution in [0, 0.1) is 23.7 Å². The Bertz CT molecular complexity index is 1020. The Morgan fingerprint density at radius 3 is 2.52 bits per heavy atom. The second-order valence-electron chi connectivity index (χ2n) is 10.3. The van der Waals surface area contributed by atoms with Crippen LogP contribution in [0.2, 0.25) is 9.36 Å². The van der Waals surface area contributed by atoms with Gasteiger partial charge in [-0.1, -0.05) is 35.3 Å². The first-order valence-corrected chi connectivity index (χ1v) is 13.0. The average molecular weight is 476 g/mol. The van der Waals surface area contributed by atoms with Crippen LogP contribution in [0.1, 0.15) is 44.1 Å². The summed E-state index contributed by atoms with van der Waals surface area (Å²) < 4.78 is 0.767. The molecule has 0 radical (unpaired) electrons. The van der Waals surface area contributed by atoms with Crippen molar-refractivity contribution in [1.29, 1.82) is 0 Å². The third-order valence-electron chi connectivity index (χ3n) is 8.28. The highest BCUT2D eigenvalue weighted by atomic mass is 35.5. The molecule has 1 saturated heterocycles. The Balaban J connectivity index is 1.17. The zero-order chi connectivity index (χ0) is 21.3. The molecule has 0 spiro atoms. The van der Waals surface area contributed by atoms with Crippen LogP contribution in [0.3, 0.4) is 0 Å². The van der Waals surface area contributed by atoms with Gasteiger partial charge in [-0.2, -0.15) is 0 Å². The van der Waals surface area contributed by atoms with E-state index in [0.717, 1.165) is 57.6 Å². The number of carbonyl (C=O) groups excluding carboxylic acids is 1. The molecule has 1 aliphatic heterocycles. The van der Waals surface area contributed by atoms with Crippen molar-refractivity contribution in [3.8, 4) is 10.4 Å². The quantitative estimate of drug-likeness (QED) is 0.584. The number of likely N-dealkylation sites (tertiary alicyclic amines) is 1. The van der Waals surface area contributed by atoms with Crippen molar-refractivity contribution in [3.63, 3.8) is 0 Å². The van der Waals surface area contributed by atoms with Crippen LogP contribution in [-0.2, 0) is 11.2 Å². The molecular weight excluding hydrogens is 449 g/mol. The second-order valence-corrected chi connectivity index (χ2v) is 12.4. The van der Waals surface area contributed by atoms with Crippen molar-refractivity contribution in [2.24, 2.45) is 23.7 Å². The van der Waals surface area contributed by atoms with E-state index in [1.165, 1.54) is 12.8 Å². The Labute approximate surface area is 197 Å². The zero-order valence-corrected chi connectivity index (χ0v) is 19.7. The van der Waals surface area contributed by atoms with Crippen molar-refractivity contribution in [1.82, 2.24) is 4.90 Å². The molecule has 5 aliphatic rings. The molecule has 3 nitrogen and oxygen atoms in total. The second kappa shape index (κ2) is 7.48. The van der Waals surface area contributed by atoms with E-state index in [4.69, 9.17) is 23.2 Å². The highest BCUT2D eigenvalue weighted by molar-refractivity contribution is 7.19. The van der Waals surface area contributed by atoms with E-state index < -0.39 is 5.60 Å². The van der Waals surface area contributed by atoms with Gasteiger partial charge in [-0.25, -0.2) is 0 Å². The van der Waals surface area contributed by atoms with Gasteiger partial charge in [-0.05, 0) is 92.0 Å². The molecule has 7 rings (SSSR count). The van der Waals surface area contributed by atoms with Crippen molar-refractivity contribution in [3.05, 3.63) is 45.3 Å². The fraction of sp³-hybridized carbons (Fsp3) is 0.560. The minimum absolute atomic E-state index is 0.0137. The number of amides is 1. The van der Waals surface area contributed by atoms with Crippen LogP contribution in [0.4, 0.5) is 0 Å². The predicted octanol–water partition coefficient (Wildman–Crippen LogP) is 6.05. The van der Waals surface area contributed by atoms with E-state index in [-0.39, 0.29) is 5.92 Å². The fourth-order valence-corrected chi connectivity index (χ4v) is 8.61. The van der Waals surface area contributed by atoms with E-state index >= 15 is 0 Å². The molecule has 164 valence electrons. The maximum Gasteiger partial charge on any atom is 0.226 e. The standard InChI is InChI=1S/C25H27Cl2NO2S/c26-20-10-16(21-3-4-22(27)31-21)2-1-15(20)9-17-5-6-28(24(17)29)23-18-7-14-8-19(23)13-25(30,11-14)12-18/h1-4,10,14,17-19,23,30H,5-9,11-13H2. The number of thiophene rings is 1. The van der Waals surface area contributed by atoms with Gasteiger partial charge in [-0.15, -0.1) is 11.3 Å². The first-order chi connectivity index (χ1) is 14.9. The minimum Gasteiger partial charge on any atom is -0.390 e. The third-order valence-corrected chi connectivity index (χ3v) is 9.91. The van der Waals surface area contributed by atoms with Crippen molar-refractivity contribution < 1.29 is 9.90 Å². The lowest BCUT2D eigenvalue weighted by Gasteiger charge is -2.59. The predicted molar refractivity (Wildman–Crippen MR) is 126 cm³/mol. The minimum atomic E-state index is -0.447. The van der Waals surface area contributed by atoms with E-state index in [2.05, 4.69) is 17.0 Å². The summed E-state index contributed by atoms with van der Waals surface area (Å²) in [5.41, 5.74) is 1.67. The van der Waals surface area contributed by atoms with Crippen LogP contribution in [0.25, 0.3) is 10.4 Å². The van der Waals surface area contributed by atoms with E-state index in [1.807, 2.05) is 18.2 Å². The normalized spacial score (nSPS) is 36.5. The molecule has 2 heterocycles. The van der Waals surface area contributed by atoms with Crippen LogP contribution < -0.4 is 0 Å². The largest absolute Gasteiger partial charge is 0.390 e. The third kappa shape index (κ3) is 3.55. The van der Waals surface area contributed by atoms with Gasteiger partial charge in [-0.3, -0.25) is 4.79 Å². The summed E-state index contributed by atoms with van der Waals surface area (Å²) >= 11 is 14.2. The first-order valence-electron chi connectivity index (χ1n) is 11.5. The lowest BCUT2D eigenvalue weighted by Crippen LogP contribution is -2.62. The summed E-state index contributed by atoms with van der Waals surface area (Å²) in [4.78, 5) is 16.7. The maximum atomic E-state index is 13.4. The summed E-state index contributed by atoms with van der Waals surface area (Å²) in [6, 6.07) is 10.4. The molecule has 1 aromatic heterocycles. The highest BCUT2D eigenvalue weighted by Crippen LogP contribution is 2.57. The molecule has 3 atom stereocenters. The number of halogens is 2. The zero-order valence-electron chi connectivity index (χ0n) is 17.4. The van der Waals surface area contributed by atoms with Crippen LogP contribution in [0.15, 0.2) is 30.3 Å². The Kier molecular flexibility index (Phi) is 4.95. The highest BCUT2D eigenvalue weighted by Gasteiger charge is 2.57. The molecule has 4 bridgehead atoms. The number of hydrogen-bond donors (Lipinski definition) is 1. The monoisotopic (exact) mass is 475 g/mol. The average Bonchev–Trinajstić information content (AvgIpc) is 3.29. The SMILES string of the molecule is O=C1C(Cc2ccc(-c3ccc(Cl)s3)cc2Cl)CCN1C1C2CC3CC1CC(O)(C3)C2. The molecule has 1 aromatic carbocycles. The Hall–Kier alpha value is -1.07. The molecule has 6 heteroatoms. The van der Waals surface area contributed by atoms with E-state index in [9.17, 15) is 9.90 Å². The first kappa shape index (κ1) is 20.5. The number of nitrogens with zero attached hydrogens (tertiary/aromatic N) is 1. The molecular formula is C25H27Cl2NO2S. The van der Waals surface area contributed by atoms with Crippen LogP contribution in [0.5, 0.6) is 0 Å². The number of carbonyl (C=O) groups is 1. The lowest BCUT2D eigenvalue weighted by molar-refractivity contribution is -0.168.